The first-order valence-corrected chi connectivity index (χ1v) is 6.59. The number of carboxylic acids is 1. The lowest BCUT2D eigenvalue weighted by molar-refractivity contribution is -0.126. The standard InChI is InChI=1S/C15H16FNO4/c1-8(2)15(3)7-11(18)17(14(15)21)10-6-4-5-9(16)12(10)13(19)20/h4-6,8H,7H2,1-3H3,(H,19,20). The van der Waals surface area contributed by atoms with E-state index >= 15 is 0 Å². The fraction of sp³-hybridized carbons (Fsp3) is 0.400. The number of carbonyl (C=O) groups excluding carboxylic acids is 2. The van der Waals surface area contributed by atoms with Crippen molar-refractivity contribution in [3.8, 4) is 0 Å². The Kier molecular flexibility index (Phi) is 3.57. The van der Waals surface area contributed by atoms with Crippen molar-refractivity contribution < 1.29 is 23.9 Å². The molecule has 5 nitrogen and oxygen atoms in total. The zero-order valence-electron chi connectivity index (χ0n) is 12.0. The molecule has 1 atom stereocenters. The molecule has 0 bridgehead atoms. The molecule has 1 aliphatic heterocycles. The minimum absolute atomic E-state index is 0.0148. The number of halogens is 1. The summed E-state index contributed by atoms with van der Waals surface area (Å²) in [5.41, 5.74) is -1.77. The number of rotatable bonds is 3. The van der Waals surface area contributed by atoms with Crippen LogP contribution in [0.15, 0.2) is 18.2 Å². The molecule has 1 unspecified atom stereocenters. The van der Waals surface area contributed by atoms with Gasteiger partial charge in [0.2, 0.25) is 11.8 Å². The second kappa shape index (κ2) is 4.95. The zero-order chi connectivity index (χ0) is 15.9. The molecule has 6 heteroatoms. The van der Waals surface area contributed by atoms with Gasteiger partial charge in [0.25, 0.3) is 0 Å². The summed E-state index contributed by atoms with van der Waals surface area (Å²) in [6, 6.07) is 3.54. The van der Waals surface area contributed by atoms with E-state index in [1.165, 1.54) is 12.1 Å². The van der Waals surface area contributed by atoms with E-state index in [2.05, 4.69) is 0 Å². The maximum atomic E-state index is 13.7. The number of carbonyl (C=O) groups is 3. The molecular formula is C15H16FNO4. The van der Waals surface area contributed by atoms with Crippen LogP contribution in [0.5, 0.6) is 0 Å². The Hall–Kier alpha value is -2.24. The normalized spacial score (nSPS) is 22.2. The highest BCUT2D eigenvalue weighted by Gasteiger charge is 2.51. The fourth-order valence-electron chi connectivity index (χ4n) is 2.44. The fourth-order valence-corrected chi connectivity index (χ4v) is 2.44. The topological polar surface area (TPSA) is 74.7 Å². The van der Waals surface area contributed by atoms with Gasteiger partial charge in [-0.25, -0.2) is 14.1 Å². The molecular weight excluding hydrogens is 277 g/mol. The minimum atomic E-state index is -1.51. The molecule has 0 radical (unpaired) electrons. The minimum Gasteiger partial charge on any atom is -0.478 e. The molecule has 1 saturated heterocycles. The van der Waals surface area contributed by atoms with Crippen molar-refractivity contribution in [2.45, 2.75) is 27.2 Å². The Balaban J connectivity index is 2.59. The Morgan fingerprint density at radius 3 is 2.48 bits per heavy atom. The zero-order valence-corrected chi connectivity index (χ0v) is 12.0. The molecule has 0 spiro atoms. The van der Waals surface area contributed by atoms with Crippen LogP contribution in [0, 0.1) is 17.2 Å². The van der Waals surface area contributed by atoms with Gasteiger partial charge in [0.1, 0.15) is 11.4 Å². The third-order valence-corrected chi connectivity index (χ3v) is 4.18. The monoisotopic (exact) mass is 293 g/mol. The van der Waals surface area contributed by atoms with Crippen LogP contribution < -0.4 is 4.90 Å². The average Bonchev–Trinajstić information content (AvgIpc) is 2.60. The van der Waals surface area contributed by atoms with Gasteiger partial charge in [-0.15, -0.1) is 0 Å². The molecule has 2 rings (SSSR count). The molecule has 2 amide bonds. The molecule has 0 aromatic heterocycles. The first-order valence-electron chi connectivity index (χ1n) is 6.59. The quantitative estimate of drug-likeness (QED) is 0.869. The summed E-state index contributed by atoms with van der Waals surface area (Å²) in [6.45, 7) is 5.30. The van der Waals surface area contributed by atoms with Crippen molar-refractivity contribution in [3.63, 3.8) is 0 Å². The highest BCUT2D eigenvalue weighted by Crippen LogP contribution is 2.42. The lowest BCUT2D eigenvalue weighted by Gasteiger charge is -2.26. The number of imide groups is 1. The summed E-state index contributed by atoms with van der Waals surface area (Å²) in [5, 5.41) is 9.13. The van der Waals surface area contributed by atoms with Gasteiger partial charge in [0, 0.05) is 6.42 Å². The highest BCUT2D eigenvalue weighted by molar-refractivity contribution is 6.24. The summed E-state index contributed by atoms with van der Waals surface area (Å²) in [6.07, 6.45) is -0.0148. The number of hydrogen-bond donors (Lipinski definition) is 1. The van der Waals surface area contributed by atoms with E-state index in [-0.39, 0.29) is 18.0 Å². The summed E-state index contributed by atoms with van der Waals surface area (Å²) in [7, 11) is 0. The van der Waals surface area contributed by atoms with E-state index in [1.54, 1.807) is 6.92 Å². The Morgan fingerprint density at radius 1 is 1.38 bits per heavy atom. The van der Waals surface area contributed by atoms with Crippen LogP contribution in [-0.2, 0) is 9.59 Å². The van der Waals surface area contributed by atoms with Gasteiger partial charge >= 0.3 is 5.97 Å². The first kappa shape index (κ1) is 15.2. The van der Waals surface area contributed by atoms with E-state index in [4.69, 9.17) is 5.11 Å². The molecule has 1 fully saturated rings. The third kappa shape index (κ3) is 2.20. The van der Waals surface area contributed by atoms with Crippen LogP contribution in [0.3, 0.4) is 0 Å². The number of nitrogens with zero attached hydrogens (tertiary/aromatic N) is 1. The van der Waals surface area contributed by atoms with Gasteiger partial charge < -0.3 is 5.11 Å². The van der Waals surface area contributed by atoms with Crippen molar-refractivity contribution in [1.82, 2.24) is 0 Å². The number of benzene rings is 1. The van der Waals surface area contributed by atoms with E-state index in [1.807, 2.05) is 13.8 Å². The molecule has 112 valence electrons. The van der Waals surface area contributed by atoms with Gasteiger partial charge in [-0.1, -0.05) is 19.9 Å². The van der Waals surface area contributed by atoms with Crippen molar-refractivity contribution in [3.05, 3.63) is 29.6 Å². The van der Waals surface area contributed by atoms with Crippen molar-refractivity contribution in [2.24, 2.45) is 11.3 Å². The molecule has 0 saturated carbocycles. The summed E-state index contributed by atoms with van der Waals surface area (Å²) < 4.78 is 13.7. The maximum Gasteiger partial charge on any atom is 0.340 e. The summed E-state index contributed by atoms with van der Waals surface area (Å²) >= 11 is 0. The Bertz CT molecular complexity index is 641. The Labute approximate surface area is 121 Å². The summed E-state index contributed by atoms with van der Waals surface area (Å²) in [5.74, 6) is -3.58. The van der Waals surface area contributed by atoms with Crippen LogP contribution in [0.2, 0.25) is 0 Å². The second-order valence-electron chi connectivity index (χ2n) is 5.72. The number of amides is 2. The van der Waals surface area contributed by atoms with Crippen LogP contribution in [0.4, 0.5) is 10.1 Å². The van der Waals surface area contributed by atoms with E-state index in [0.717, 1.165) is 11.0 Å². The number of carboxylic acid groups (broad SMARTS) is 1. The van der Waals surface area contributed by atoms with Crippen LogP contribution in [0.25, 0.3) is 0 Å². The van der Waals surface area contributed by atoms with Crippen LogP contribution in [0.1, 0.15) is 37.6 Å². The predicted molar refractivity (Wildman–Crippen MR) is 73.4 cm³/mol. The van der Waals surface area contributed by atoms with Gasteiger partial charge in [-0.3, -0.25) is 9.59 Å². The second-order valence-corrected chi connectivity index (χ2v) is 5.72. The number of anilines is 1. The van der Waals surface area contributed by atoms with Crippen molar-refractivity contribution in [1.29, 1.82) is 0 Å². The molecule has 1 aromatic carbocycles. The van der Waals surface area contributed by atoms with Crippen LogP contribution >= 0.6 is 0 Å². The SMILES string of the molecule is CC(C)C1(C)CC(=O)N(c2cccc(F)c2C(=O)O)C1=O. The van der Waals surface area contributed by atoms with E-state index in [0.29, 0.717) is 0 Å². The third-order valence-electron chi connectivity index (χ3n) is 4.18. The lowest BCUT2D eigenvalue weighted by Crippen LogP contribution is -2.37. The molecule has 1 heterocycles. The first-order chi connectivity index (χ1) is 9.70. The number of hydrogen-bond acceptors (Lipinski definition) is 3. The van der Waals surface area contributed by atoms with Gasteiger partial charge in [0.05, 0.1) is 11.1 Å². The molecule has 1 aliphatic rings. The smallest absolute Gasteiger partial charge is 0.340 e. The van der Waals surface area contributed by atoms with Crippen molar-refractivity contribution >= 4 is 23.5 Å². The van der Waals surface area contributed by atoms with Gasteiger partial charge in [-0.2, -0.15) is 0 Å². The summed E-state index contributed by atoms with van der Waals surface area (Å²) in [4.78, 5) is 36.8. The molecule has 1 aromatic rings. The molecule has 1 N–H and O–H groups in total. The van der Waals surface area contributed by atoms with Crippen LogP contribution in [-0.4, -0.2) is 22.9 Å². The van der Waals surface area contributed by atoms with Gasteiger partial charge in [-0.05, 0) is 25.0 Å². The highest BCUT2D eigenvalue weighted by atomic mass is 19.1. The van der Waals surface area contributed by atoms with E-state index < -0.39 is 34.6 Å². The predicted octanol–water partition coefficient (Wildman–Crippen LogP) is 2.45. The average molecular weight is 293 g/mol. The Morgan fingerprint density at radius 2 is 2.00 bits per heavy atom. The molecule has 21 heavy (non-hydrogen) atoms. The largest absolute Gasteiger partial charge is 0.478 e. The van der Waals surface area contributed by atoms with E-state index in [9.17, 15) is 18.8 Å². The lowest BCUT2D eigenvalue weighted by atomic mass is 9.78. The van der Waals surface area contributed by atoms with Crippen molar-refractivity contribution in [2.75, 3.05) is 4.90 Å². The number of aromatic carboxylic acids is 1. The van der Waals surface area contributed by atoms with Gasteiger partial charge in [0.15, 0.2) is 0 Å². The maximum absolute atomic E-state index is 13.7. The molecule has 0 aliphatic carbocycles.